The third kappa shape index (κ3) is 3.10. The number of piperidine rings is 1. The molecule has 0 aromatic carbocycles. The summed E-state index contributed by atoms with van der Waals surface area (Å²) >= 11 is 1.76. The van der Waals surface area contributed by atoms with Crippen LogP contribution in [0.1, 0.15) is 36.8 Å². The van der Waals surface area contributed by atoms with Crippen LogP contribution in [0.4, 0.5) is 0 Å². The van der Waals surface area contributed by atoms with Gasteiger partial charge < -0.3 is 4.90 Å². The van der Waals surface area contributed by atoms with Gasteiger partial charge in [-0.1, -0.05) is 0 Å². The van der Waals surface area contributed by atoms with Crippen LogP contribution in [0.3, 0.4) is 0 Å². The van der Waals surface area contributed by atoms with Gasteiger partial charge in [0.1, 0.15) is 0 Å². The van der Waals surface area contributed by atoms with Gasteiger partial charge >= 0.3 is 0 Å². The van der Waals surface area contributed by atoms with E-state index in [0.717, 1.165) is 45.4 Å². The van der Waals surface area contributed by atoms with Crippen LogP contribution < -0.4 is 0 Å². The quantitative estimate of drug-likeness (QED) is 0.856. The minimum Gasteiger partial charge on any atom is -0.333 e. The SMILES string of the molecule is O=C1CCC2(CCN(Cc3ccsc3)CC2)N1Cc1ccncc1. The zero-order chi connectivity index (χ0) is 16.4. The molecule has 0 saturated carbocycles. The summed E-state index contributed by atoms with van der Waals surface area (Å²) < 4.78 is 0. The van der Waals surface area contributed by atoms with Crippen molar-refractivity contribution in [2.24, 2.45) is 0 Å². The smallest absolute Gasteiger partial charge is 0.223 e. The molecule has 1 amide bonds. The number of hydrogen-bond acceptors (Lipinski definition) is 4. The number of aromatic nitrogens is 1. The molecule has 4 rings (SSSR count). The summed E-state index contributed by atoms with van der Waals surface area (Å²) in [5, 5.41) is 4.38. The van der Waals surface area contributed by atoms with Gasteiger partial charge in [-0.3, -0.25) is 14.7 Å². The molecule has 0 radical (unpaired) electrons. The van der Waals surface area contributed by atoms with Crippen molar-refractivity contribution in [3.8, 4) is 0 Å². The standard InChI is InChI=1S/C19H23N3OS/c23-18-1-5-19(22(18)14-16-2-8-20-9-3-16)6-10-21(11-7-19)13-17-4-12-24-15-17/h2-4,8-9,12,15H,1,5-7,10-11,13-14H2. The highest BCUT2D eigenvalue weighted by Gasteiger charge is 2.46. The molecule has 2 aromatic heterocycles. The summed E-state index contributed by atoms with van der Waals surface area (Å²) in [7, 11) is 0. The van der Waals surface area contributed by atoms with E-state index in [0.29, 0.717) is 12.3 Å². The van der Waals surface area contributed by atoms with Crippen LogP contribution in [0, 0.1) is 0 Å². The lowest BCUT2D eigenvalue weighted by molar-refractivity contribution is -0.133. The molecule has 0 unspecified atom stereocenters. The summed E-state index contributed by atoms with van der Waals surface area (Å²) in [6.07, 6.45) is 7.53. The molecule has 24 heavy (non-hydrogen) atoms. The van der Waals surface area contributed by atoms with Crippen LogP contribution in [0.5, 0.6) is 0 Å². The lowest BCUT2D eigenvalue weighted by Crippen LogP contribution is -2.52. The predicted octanol–water partition coefficient (Wildman–Crippen LogP) is 3.30. The maximum Gasteiger partial charge on any atom is 0.223 e. The van der Waals surface area contributed by atoms with Crippen molar-refractivity contribution in [1.82, 2.24) is 14.8 Å². The van der Waals surface area contributed by atoms with Gasteiger partial charge in [-0.15, -0.1) is 0 Å². The molecule has 1 spiro atoms. The average Bonchev–Trinajstić information content (AvgIpc) is 3.22. The van der Waals surface area contributed by atoms with E-state index in [1.807, 2.05) is 24.5 Å². The fraction of sp³-hybridized carbons (Fsp3) is 0.474. The minimum atomic E-state index is 0.0749. The molecule has 4 nitrogen and oxygen atoms in total. The van der Waals surface area contributed by atoms with E-state index in [9.17, 15) is 4.79 Å². The first-order valence-electron chi connectivity index (χ1n) is 8.68. The number of hydrogen-bond donors (Lipinski definition) is 0. The van der Waals surface area contributed by atoms with Gasteiger partial charge in [0.15, 0.2) is 0 Å². The molecule has 2 saturated heterocycles. The first-order chi connectivity index (χ1) is 11.8. The normalized spacial score (nSPS) is 20.8. The zero-order valence-corrected chi connectivity index (χ0v) is 14.7. The Hall–Kier alpha value is -1.72. The summed E-state index contributed by atoms with van der Waals surface area (Å²) in [6.45, 7) is 3.93. The van der Waals surface area contributed by atoms with Gasteiger partial charge in [-0.2, -0.15) is 11.3 Å². The highest BCUT2D eigenvalue weighted by molar-refractivity contribution is 7.07. The maximum absolute atomic E-state index is 12.5. The third-order valence-corrected chi connectivity index (χ3v) is 6.27. The Morgan fingerprint density at radius 3 is 2.54 bits per heavy atom. The van der Waals surface area contributed by atoms with Gasteiger partial charge in [0.05, 0.1) is 0 Å². The third-order valence-electron chi connectivity index (χ3n) is 5.54. The van der Waals surface area contributed by atoms with E-state index in [2.05, 4.69) is 31.6 Å². The van der Waals surface area contributed by atoms with Gasteiger partial charge in [-0.05, 0) is 59.3 Å². The molecule has 2 aliphatic rings. The molecule has 126 valence electrons. The lowest BCUT2D eigenvalue weighted by atomic mass is 9.84. The molecule has 0 bridgehead atoms. The monoisotopic (exact) mass is 341 g/mol. The van der Waals surface area contributed by atoms with Crippen LogP contribution in [-0.4, -0.2) is 39.3 Å². The van der Waals surface area contributed by atoms with E-state index in [1.54, 1.807) is 11.3 Å². The Bertz CT molecular complexity index is 678. The Labute approximate surface area is 147 Å². The number of amides is 1. The molecule has 2 aliphatic heterocycles. The predicted molar refractivity (Wildman–Crippen MR) is 95.6 cm³/mol. The molecule has 0 aliphatic carbocycles. The van der Waals surface area contributed by atoms with Crippen LogP contribution >= 0.6 is 11.3 Å². The Morgan fingerprint density at radius 1 is 1.04 bits per heavy atom. The van der Waals surface area contributed by atoms with Crippen molar-refractivity contribution in [1.29, 1.82) is 0 Å². The highest BCUT2D eigenvalue weighted by Crippen LogP contribution is 2.40. The van der Waals surface area contributed by atoms with E-state index in [1.165, 1.54) is 11.1 Å². The van der Waals surface area contributed by atoms with Gasteiger partial charge in [0.2, 0.25) is 5.91 Å². The fourth-order valence-electron chi connectivity index (χ4n) is 4.09. The number of carbonyl (C=O) groups is 1. The van der Waals surface area contributed by atoms with E-state index in [-0.39, 0.29) is 5.54 Å². The zero-order valence-electron chi connectivity index (χ0n) is 13.9. The van der Waals surface area contributed by atoms with E-state index >= 15 is 0 Å². The molecule has 5 heteroatoms. The summed E-state index contributed by atoms with van der Waals surface area (Å²) in [4.78, 5) is 21.3. The Balaban J connectivity index is 1.43. The van der Waals surface area contributed by atoms with Gasteiger partial charge in [0.25, 0.3) is 0 Å². The minimum absolute atomic E-state index is 0.0749. The summed E-state index contributed by atoms with van der Waals surface area (Å²) in [5.41, 5.74) is 2.67. The van der Waals surface area contributed by atoms with Crippen molar-refractivity contribution in [2.45, 2.75) is 44.3 Å². The highest BCUT2D eigenvalue weighted by atomic mass is 32.1. The summed E-state index contributed by atoms with van der Waals surface area (Å²) in [5.74, 6) is 0.318. The van der Waals surface area contributed by atoms with Gasteiger partial charge in [0, 0.05) is 50.5 Å². The number of pyridine rings is 1. The number of likely N-dealkylation sites (tertiary alicyclic amines) is 2. The maximum atomic E-state index is 12.5. The van der Waals surface area contributed by atoms with E-state index in [4.69, 9.17) is 0 Å². The first kappa shape index (κ1) is 15.8. The molecular formula is C19H23N3OS. The van der Waals surface area contributed by atoms with Crippen LogP contribution in [-0.2, 0) is 17.9 Å². The van der Waals surface area contributed by atoms with Gasteiger partial charge in [-0.25, -0.2) is 0 Å². The van der Waals surface area contributed by atoms with Crippen molar-refractivity contribution in [3.05, 3.63) is 52.5 Å². The van der Waals surface area contributed by atoms with Crippen LogP contribution in [0.25, 0.3) is 0 Å². The Kier molecular flexibility index (Phi) is 4.37. The fourth-order valence-corrected chi connectivity index (χ4v) is 4.75. The molecule has 4 heterocycles. The second-order valence-corrected chi connectivity index (χ2v) is 7.75. The lowest BCUT2D eigenvalue weighted by Gasteiger charge is -2.45. The largest absolute Gasteiger partial charge is 0.333 e. The Morgan fingerprint density at radius 2 is 1.83 bits per heavy atom. The second-order valence-electron chi connectivity index (χ2n) is 6.97. The van der Waals surface area contributed by atoms with Crippen molar-refractivity contribution < 1.29 is 4.79 Å². The molecular weight excluding hydrogens is 318 g/mol. The number of rotatable bonds is 4. The van der Waals surface area contributed by atoms with Crippen molar-refractivity contribution in [2.75, 3.05) is 13.1 Å². The number of carbonyl (C=O) groups excluding carboxylic acids is 1. The average molecular weight is 341 g/mol. The van der Waals surface area contributed by atoms with E-state index < -0.39 is 0 Å². The number of thiophene rings is 1. The van der Waals surface area contributed by atoms with Crippen LogP contribution in [0.15, 0.2) is 41.4 Å². The molecule has 0 N–H and O–H groups in total. The first-order valence-corrected chi connectivity index (χ1v) is 9.62. The topological polar surface area (TPSA) is 36.4 Å². The second kappa shape index (κ2) is 6.65. The van der Waals surface area contributed by atoms with Crippen LogP contribution in [0.2, 0.25) is 0 Å². The molecule has 0 atom stereocenters. The van der Waals surface area contributed by atoms with Crippen molar-refractivity contribution >= 4 is 17.2 Å². The molecule has 2 fully saturated rings. The number of nitrogens with zero attached hydrogens (tertiary/aromatic N) is 3. The molecule has 2 aromatic rings. The summed E-state index contributed by atoms with van der Waals surface area (Å²) in [6, 6.07) is 6.25. The van der Waals surface area contributed by atoms with Crippen molar-refractivity contribution in [3.63, 3.8) is 0 Å².